The van der Waals surface area contributed by atoms with Crippen molar-refractivity contribution in [2.45, 2.75) is 19.3 Å². The number of fused-ring (bicyclic) bond motifs is 3. The van der Waals surface area contributed by atoms with E-state index in [9.17, 15) is 0 Å². The van der Waals surface area contributed by atoms with E-state index >= 15 is 0 Å². The van der Waals surface area contributed by atoms with E-state index in [-0.39, 0.29) is 5.41 Å². The van der Waals surface area contributed by atoms with Gasteiger partial charge in [0.1, 0.15) is 0 Å². The third-order valence-electron chi connectivity index (χ3n) is 4.82. The van der Waals surface area contributed by atoms with Crippen LogP contribution < -0.4 is 0 Å². The molecule has 0 N–H and O–H groups in total. The lowest BCUT2D eigenvalue weighted by atomic mass is 9.74. The Labute approximate surface area is 126 Å². The predicted octanol–water partition coefficient (Wildman–Crippen LogP) is 5.33. The second kappa shape index (κ2) is 4.33. The quantitative estimate of drug-likeness (QED) is 0.560. The number of benzene rings is 3. The molecule has 0 fully saturated rings. The van der Waals surface area contributed by atoms with Crippen LogP contribution in [0.5, 0.6) is 0 Å². The van der Waals surface area contributed by atoms with Crippen LogP contribution in [0.15, 0.2) is 72.8 Å². The Hall–Kier alpha value is -2.34. The Balaban J connectivity index is 2.10. The van der Waals surface area contributed by atoms with Gasteiger partial charge in [0.2, 0.25) is 0 Å². The summed E-state index contributed by atoms with van der Waals surface area (Å²) in [4.78, 5) is 0. The molecule has 21 heavy (non-hydrogen) atoms. The molecule has 0 heterocycles. The van der Waals surface area contributed by atoms with Gasteiger partial charge in [-0.3, -0.25) is 0 Å². The molecule has 0 aliphatic heterocycles. The van der Waals surface area contributed by atoms with Crippen LogP contribution in [0.2, 0.25) is 0 Å². The smallest absolute Gasteiger partial charge is 0.0435 e. The Morgan fingerprint density at radius 2 is 1.33 bits per heavy atom. The molecule has 0 saturated carbocycles. The minimum Gasteiger partial charge on any atom is -0.0622 e. The van der Waals surface area contributed by atoms with Crippen LogP contribution >= 0.6 is 0 Å². The zero-order chi connectivity index (χ0) is 14.4. The summed E-state index contributed by atoms with van der Waals surface area (Å²) in [5.41, 5.74) is 8.22. The second-order valence-corrected chi connectivity index (χ2v) is 6.09. The summed E-state index contributed by atoms with van der Waals surface area (Å²) in [6.07, 6.45) is 0. The zero-order valence-corrected chi connectivity index (χ0v) is 12.4. The maximum atomic E-state index is 2.35. The Kier molecular flexibility index (Phi) is 2.56. The first-order valence-electron chi connectivity index (χ1n) is 7.48. The second-order valence-electron chi connectivity index (χ2n) is 6.09. The molecule has 102 valence electrons. The summed E-state index contributed by atoms with van der Waals surface area (Å²) >= 11 is 0. The number of aryl methyl sites for hydroxylation is 1. The van der Waals surface area contributed by atoms with Crippen LogP contribution in [-0.2, 0) is 5.41 Å². The van der Waals surface area contributed by atoms with Gasteiger partial charge in [-0.1, -0.05) is 78.4 Å². The van der Waals surface area contributed by atoms with Crippen molar-refractivity contribution in [2.75, 3.05) is 0 Å². The lowest BCUT2D eigenvalue weighted by Gasteiger charge is -2.28. The molecule has 3 aromatic rings. The van der Waals surface area contributed by atoms with Crippen LogP contribution in [0.1, 0.15) is 29.2 Å². The van der Waals surface area contributed by atoms with Gasteiger partial charge in [0.15, 0.2) is 0 Å². The Bertz CT molecular complexity index is 814. The van der Waals surface area contributed by atoms with Gasteiger partial charge in [-0.05, 0) is 41.7 Å². The van der Waals surface area contributed by atoms with Crippen LogP contribution in [-0.4, -0.2) is 0 Å². The van der Waals surface area contributed by atoms with Crippen molar-refractivity contribution in [3.05, 3.63) is 95.1 Å². The molecule has 0 saturated heterocycles. The lowest BCUT2D eigenvalue weighted by Crippen LogP contribution is -2.22. The van der Waals surface area contributed by atoms with E-state index < -0.39 is 0 Å². The highest BCUT2D eigenvalue weighted by molar-refractivity contribution is 5.83. The first kappa shape index (κ1) is 12.4. The average Bonchev–Trinajstić information content (AvgIpc) is 2.79. The van der Waals surface area contributed by atoms with E-state index in [4.69, 9.17) is 0 Å². The molecule has 0 radical (unpaired) electrons. The first-order chi connectivity index (χ1) is 10.2. The van der Waals surface area contributed by atoms with Gasteiger partial charge in [0.05, 0.1) is 0 Å². The van der Waals surface area contributed by atoms with Crippen molar-refractivity contribution in [3.63, 3.8) is 0 Å². The van der Waals surface area contributed by atoms with E-state index in [1.165, 1.54) is 33.4 Å². The molecule has 4 rings (SSSR count). The van der Waals surface area contributed by atoms with Gasteiger partial charge in [-0.25, -0.2) is 0 Å². The van der Waals surface area contributed by atoms with Crippen molar-refractivity contribution in [3.8, 4) is 11.1 Å². The monoisotopic (exact) mass is 270 g/mol. The summed E-state index contributed by atoms with van der Waals surface area (Å²) < 4.78 is 0. The molecular formula is C21H18. The van der Waals surface area contributed by atoms with Crippen LogP contribution in [0.4, 0.5) is 0 Å². The zero-order valence-electron chi connectivity index (χ0n) is 12.4. The van der Waals surface area contributed by atoms with Crippen molar-refractivity contribution in [1.82, 2.24) is 0 Å². The van der Waals surface area contributed by atoms with Gasteiger partial charge in [0.25, 0.3) is 0 Å². The minimum absolute atomic E-state index is 0.0563. The Morgan fingerprint density at radius 1 is 0.667 bits per heavy atom. The van der Waals surface area contributed by atoms with E-state index in [0.717, 1.165) is 0 Å². The van der Waals surface area contributed by atoms with Crippen molar-refractivity contribution < 1.29 is 0 Å². The molecule has 1 aliphatic rings. The van der Waals surface area contributed by atoms with Gasteiger partial charge in [0, 0.05) is 5.41 Å². The van der Waals surface area contributed by atoms with Crippen molar-refractivity contribution in [1.29, 1.82) is 0 Å². The van der Waals surface area contributed by atoms with E-state index in [1.807, 2.05) is 0 Å². The van der Waals surface area contributed by atoms with Crippen LogP contribution in [0, 0.1) is 6.92 Å². The van der Waals surface area contributed by atoms with Gasteiger partial charge >= 0.3 is 0 Å². The highest BCUT2D eigenvalue weighted by Gasteiger charge is 2.40. The summed E-state index contributed by atoms with van der Waals surface area (Å²) in [6, 6.07) is 26.5. The number of hydrogen-bond donors (Lipinski definition) is 0. The normalized spacial score (nSPS) is 19.1. The number of hydrogen-bond acceptors (Lipinski definition) is 0. The molecule has 3 aromatic carbocycles. The van der Waals surface area contributed by atoms with Crippen molar-refractivity contribution >= 4 is 0 Å². The standard InChI is InChI=1S/C21H18/c1-15-12-13-18-17-10-6-7-11-19(17)21(2,20(18)14-15)16-8-4-3-5-9-16/h3-14H,1-2H3. The molecular weight excluding hydrogens is 252 g/mol. The fourth-order valence-electron chi connectivity index (χ4n) is 3.69. The Morgan fingerprint density at radius 3 is 2.14 bits per heavy atom. The highest BCUT2D eigenvalue weighted by Crippen LogP contribution is 2.52. The maximum absolute atomic E-state index is 2.35. The molecule has 0 amide bonds. The minimum atomic E-state index is -0.0563. The summed E-state index contributed by atoms with van der Waals surface area (Å²) in [5, 5.41) is 0. The summed E-state index contributed by atoms with van der Waals surface area (Å²) in [5.74, 6) is 0. The maximum Gasteiger partial charge on any atom is 0.0435 e. The molecule has 0 nitrogen and oxygen atoms in total. The van der Waals surface area contributed by atoms with E-state index in [2.05, 4.69) is 86.6 Å². The molecule has 0 heteroatoms. The van der Waals surface area contributed by atoms with E-state index in [1.54, 1.807) is 0 Å². The summed E-state index contributed by atoms with van der Waals surface area (Å²) in [6.45, 7) is 4.53. The molecule has 1 atom stereocenters. The van der Waals surface area contributed by atoms with E-state index in [0.29, 0.717) is 0 Å². The highest BCUT2D eigenvalue weighted by atomic mass is 14.4. The topological polar surface area (TPSA) is 0 Å². The van der Waals surface area contributed by atoms with Gasteiger partial charge in [-0.2, -0.15) is 0 Å². The fraction of sp³-hybridized carbons (Fsp3) is 0.143. The number of rotatable bonds is 1. The van der Waals surface area contributed by atoms with Crippen LogP contribution in [0.3, 0.4) is 0 Å². The largest absolute Gasteiger partial charge is 0.0622 e. The third kappa shape index (κ3) is 1.62. The van der Waals surface area contributed by atoms with Gasteiger partial charge < -0.3 is 0 Å². The predicted molar refractivity (Wildman–Crippen MR) is 88.6 cm³/mol. The first-order valence-corrected chi connectivity index (χ1v) is 7.48. The molecule has 0 bridgehead atoms. The lowest BCUT2D eigenvalue weighted by molar-refractivity contribution is 0.713. The van der Waals surface area contributed by atoms with Crippen molar-refractivity contribution in [2.24, 2.45) is 0 Å². The molecule has 1 aliphatic carbocycles. The van der Waals surface area contributed by atoms with Gasteiger partial charge in [-0.15, -0.1) is 0 Å². The van der Waals surface area contributed by atoms with Crippen LogP contribution in [0.25, 0.3) is 11.1 Å². The summed E-state index contributed by atoms with van der Waals surface area (Å²) in [7, 11) is 0. The molecule has 0 spiro atoms. The average molecular weight is 270 g/mol. The fourth-order valence-corrected chi connectivity index (χ4v) is 3.69. The molecule has 1 unspecified atom stereocenters. The SMILES string of the molecule is Cc1ccc2c(c1)C(C)(c1ccccc1)c1ccccc1-2. The molecule has 0 aromatic heterocycles. The third-order valence-corrected chi connectivity index (χ3v) is 4.82.